The van der Waals surface area contributed by atoms with Crippen LogP contribution in [-0.4, -0.2) is 41.2 Å². The molecular formula is C14H18FN3O2. The second-order valence-electron chi connectivity index (χ2n) is 4.86. The van der Waals surface area contributed by atoms with Crippen molar-refractivity contribution in [3.05, 3.63) is 29.6 Å². The van der Waals surface area contributed by atoms with Crippen molar-refractivity contribution in [3.8, 4) is 0 Å². The minimum absolute atomic E-state index is 0.161. The lowest BCUT2D eigenvalue weighted by Gasteiger charge is -2.33. The second-order valence-corrected chi connectivity index (χ2v) is 4.86. The standard InChI is InChI=1S/C14H18FN3O2/c1-2-5-17-6-7-18(14(20)13(17)19)9-10-8-11(15)3-4-12(10)16/h3-4,8H,2,5-7,9,16H2,1H3. The third kappa shape index (κ3) is 2.89. The van der Waals surface area contributed by atoms with Crippen LogP contribution in [0.2, 0.25) is 0 Å². The molecule has 2 N–H and O–H groups in total. The number of rotatable bonds is 4. The summed E-state index contributed by atoms with van der Waals surface area (Å²) < 4.78 is 13.2. The summed E-state index contributed by atoms with van der Waals surface area (Å²) in [5, 5.41) is 0. The highest BCUT2D eigenvalue weighted by atomic mass is 19.1. The van der Waals surface area contributed by atoms with Gasteiger partial charge in [-0.1, -0.05) is 6.92 Å². The fourth-order valence-corrected chi connectivity index (χ4v) is 2.27. The van der Waals surface area contributed by atoms with Gasteiger partial charge < -0.3 is 15.5 Å². The zero-order valence-corrected chi connectivity index (χ0v) is 11.4. The summed E-state index contributed by atoms with van der Waals surface area (Å²) in [6, 6.07) is 4.03. The number of carbonyl (C=O) groups is 2. The monoisotopic (exact) mass is 279 g/mol. The van der Waals surface area contributed by atoms with Gasteiger partial charge in [-0.25, -0.2) is 4.39 Å². The van der Waals surface area contributed by atoms with Gasteiger partial charge in [0.05, 0.1) is 0 Å². The summed E-state index contributed by atoms with van der Waals surface area (Å²) in [7, 11) is 0. The third-order valence-corrected chi connectivity index (χ3v) is 3.36. The molecule has 6 heteroatoms. The van der Waals surface area contributed by atoms with Crippen LogP contribution in [0.3, 0.4) is 0 Å². The molecule has 108 valence electrons. The van der Waals surface area contributed by atoms with Gasteiger partial charge in [-0.15, -0.1) is 0 Å². The number of anilines is 1. The Morgan fingerprint density at radius 1 is 1.20 bits per heavy atom. The molecule has 1 aliphatic heterocycles. The molecule has 1 aromatic carbocycles. The number of nitrogens with two attached hydrogens (primary N) is 1. The van der Waals surface area contributed by atoms with Crippen LogP contribution in [0.15, 0.2) is 18.2 Å². The molecule has 5 nitrogen and oxygen atoms in total. The first-order valence-corrected chi connectivity index (χ1v) is 6.65. The van der Waals surface area contributed by atoms with Crippen LogP contribution in [0.4, 0.5) is 10.1 Å². The van der Waals surface area contributed by atoms with E-state index >= 15 is 0 Å². The Hall–Kier alpha value is -2.11. The lowest BCUT2D eigenvalue weighted by Crippen LogP contribution is -2.54. The van der Waals surface area contributed by atoms with E-state index in [-0.39, 0.29) is 6.54 Å². The first-order valence-electron chi connectivity index (χ1n) is 6.65. The zero-order chi connectivity index (χ0) is 14.7. The van der Waals surface area contributed by atoms with Gasteiger partial charge in [0.1, 0.15) is 5.82 Å². The predicted octanol–water partition coefficient (Wildman–Crippen LogP) is 0.989. The van der Waals surface area contributed by atoms with E-state index in [1.165, 1.54) is 23.1 Å². The van der Waals surface area contributed by atoms with Crippen LogP contribution in [0.25, 0.3) is 0 Å². The summed E-state index contributed by atoms with van der Waals surface area (Å²) >= 11 is 0. The number of benzene rings is 1. The number of halogens is 1. The van der Waals surface area contributed by atoms with Crippen molar-refractivity contribution in [2.75, 3.05) is 25.4 Å². The maximum absolute atomic E-state index is 13.2. The van der Waals surface area contributed by atoms with E-state index in [0.717, 1.165) is 6.42 Å². The Morgan fingerprint density at radius 3 is 2.55 bits per heavy atom. The molecule has 0 saturated carbocycles. The summed E-state index contributed by atoms with van der Waals surface area (Å²) in [6.07, 6.45) is 0.815. The lowest BCUT2D eigenvalue weighted by atomic mass is 10.1. The molecule has 0 bridgehead atoms. The molecule has 0 unspecified atom stereocenters. The summed E-state index contributed by atoms with van der Waals surface area (Å²) in [4.78, 5) is 26.9. The molecule has 1 heterocycles. The molecule has 0 aromatic heterocycles. The number of nitrogen functional groups attached to an aromatic ring is 1. The van der Waals surface area contributed by atoms with Crippen LogP contribution in [0, 0.1) is 5.82 Å². The van der Waals surface area contributed by atoms with E-state index in [4.69, 9.17) is 5.73 Å². The zero-order valence-electron chi connectivity index (χ0n) is 11.4. The molecule has 0 spiro atoms. The van der Waals surface area contributed by atoms with Crippen LogP contribution in [0.5, 0.6) is 0 Å². The topological polar surface area (TPSA) is 66.6 Å². The summed E-state index contributed by atoms with van der Waals surface area (Å²) in [5.41, 5.74) is 6.70. The largest absolute Gasteiger partial charge is 0.398 e. The summed E-state index contributed by atoms with van der Waals surface area (Å²) in [5.74, 6) is -1.45. The van der Waals surface area contributed by atoms with Crippen molar-refractivity contribution < 1.29 is 14.0 Å². The number of carbonyl (C=O) groups excluding carboxylic acids is 2. The molecule has 1 fully saturated rings. The van der Waals surface area contributed by atoms with Crippen molar-refractivity contribution in [1.82, 2.24) is 9.80 Å². The van der Waals surface area contributed by atoms with E-state index in [2.05, 4.69) is 0 Å². The molecule has 0 aliphatic carbocycles. The molecule has 1 aliphatic rings. The van der Waals surface area contributed by atoms with Gasteiger partial charge in [0.25, 0.3) is 0 Å². The molecule has 20 heavy (non-hydrogen) atoms. The van der Waals surface area contributed by atoms with E-state index < -0.39 is 17.6 Å². The van der Waals surface area contributed by atoms with Gasteiger partial charge in [0.2, 0.25) is 0 Å². The molecule has 1 aromatic rings. The van der Waals surface area contributed by atoms with E-state index in [1.807, 2.05) is 6.92 Å². The number of nitrogens with zero attached hydrogens (tertiary/aromatic N) is 2. The van der Waals surface area contributed by atoms with Gasteiger partial charge in [-0.2, -0.15) is 0 Å². The summed E-state index contributed by atoms with van der Waals surface area (Å²) in [6.45, 7) is 3.65. The fourth-order valence-electron chi connectivity index (χ4n) is 2.27. The van der Waals surface area contributed by atoms with Crippen LogP contribution in [-0.2, 0) is 16.1 Å². The molecule has 0 atom stereocenters. The van der Waals surface area contributed by atoms with Crippen molar-refractivity contribution in [3.63, 3.8) is 0 Å². The van der Waals surface area contributed by atoms with Gasteiger partial charge in [0.15, 0.2) is 0 Å². The minimum atomic E-state index is -0.548. The highest BCUT2D eigenvalue weighted by Gasteiger charge is 2.32. The van der Waals surface area contributed by atoms with Crippen molar-refractivity contribution in [2.24, 2.45) is 0 Å². The van der Waals surface area contributed by atoms with E-state index in [9.17, 15) is 14.0 Å². The van der Waals surface area contributed by atoms with Gasteiger partial charge in [-0.05, 0) is 30.2 Å². The Morgan fingerprint density at radius 2 is 1.85 bits per heavy atom. The third-order valence-electron chi connectivity index (χ3n) is 3.36. The van der Waals surface area contributed by atoms with E-state index in [0.29, 0.717) is 30.9 Å². The molecular weight excluding hydrogens is 261 g/mol. The SMILES string of the molecule is CCCN1CCN(Cc2cc(F)ccc2N)C(=O)C1=O. The fraction of sp³-hybridized carbons (Fsp3) is 0.429. The van der Waals surface area contributed by atoms with Gasteiger partial charge in [0, 0.05) is 31.9 Å². The average Bonchev–Trinajstić information content (AvgIpc) is 2.42. The Labute approximate surface area is 117 Å². The lowest BCUT2D eigenvalue weighted by molar-refractivity contribution is -0.156. The highest BCUT2D eigenvalue weighted by molar-refractivity contribution is 6.35. The van der Waals surface area contributed by atoms with E-state index in [1.54, 1.807) is 4.90 Å². The Kier molecular flexibility index (Phi) is 4.22. The quantitative estimate of drug-likeness (QED) is 0.660. The molecule has 0 radical (unpaired) electrons. The molecule has 2 amide bonds. The van der Waals surface area contributed by atoms with Crippen molar-refractivity contribution in [2.45, 2.75) is 19.9 Å². The van der Waals surface area contributed by atoms with Gasteiger partial charge >= 0.3 is 11.8 Å². The predicted molar refractivity (Wildman–Crippen MR) is 73.1 cm³/mol. The molecule has 1 saturated heterocycles. The maximum Gasteiger partial charge on any atom is 0.312 e. The van der Waals surface area contributed by atoms with Crippen LogP contribution < -0.4 is 5.73 Å². The van der Waals surface area contributed by atoms with Crippen LogP contribution in [0.1, 0.15) is 18.9 Å². The van der Waals surface area contributed by atoms with Crippen LogP contribution >= 0.6 is 0 Å². The minimum Gasteiger partial charge on any atom is -0.398 e. The Bertz CT molecular complexity index is 533. The second kappa shape index (κ2) is 5.90. The van der Waals surface area contributed by atoms with Crippen molar-refractivity contribution >= 4 is 17.5 Å². The van der Waals surface area contributed by atoms with Gasteiger partial charge in [-0.3, -0.25) is 9.59 Å². The number of amides is 2. The maximum atomic E-state index is 13.2. The smallest absolute Gasteiger partial charge is 0.312 e. The molecule has 2 rings (SSSR count). The highest BCUT2D eigenvalue weighted by Crippen LogP contribution is 2.17. The number of hydrogen-bond donors (Lipinski definition) is 1. The number of hydrogen-bond acceptors (Lipinski definition) is 3. The van der Waals surface area contributed by atoms with Crippen molar-refractivity contribution in [1.29, 1.82) is 0 Å². The normalized spacial score (nSPS) is 15.9. The average molecular weight is 279 g/mol. The Balaban J connectivity index is 2.09. The number of piperazine rings is 1. The first kappa shape index (κ1) is 14.3. The first-order chi connectivity index (χ1) is 9.52.